The SMILES string of the molecule is c1ccc(C2(c3ccccc3)c3ccccc3-c3cc(N(c4ccc5c(c4)C4(c6ccccc6-c6ccccc64)c4ccccc4-5)c4cccc5sc6ccccc6c45)ccc32)cc1. The van der Waals surface area contributed by atoms with Crippen LogP contribution in [0.2, 0.25) is 0 Å². The van der Waals surface area contributed by atoms with Crippen LogP contribution in [0.15, 0.2) is 237 Å². The number of nitrogens with zero attached hydrogens (tertiary/aromatic N) is 1. The van der Waals surface area contributed by atoms with Gasteiger partial charge in [-0.1, -0.05) is 194 Å². The lowest BCUT2D eigenvalue weighted by Gasteiger charge is -2.34. The Kier molecular flexibility index (Phi) is 7.47. The molecule has 0 aliphatic heterocycles. The molecule has 1 aromatic heterocycles. The van der Waals surface area contributed by atoms with Gasteiger partial charge in [-0.05, 0) is 120 Å². The summed E-state index contributed by atoms with van der Waals surface area (Å²) in [6.07, 6.45) is 0. The van der Waals surface area contributed by atoms with Gasteiger partial charge >= 0.3 is 0 Å². The number of hydrogen-bond acceptors (Lipinski definition) is 2. The van der Waals surface area contributed by atoms with Gasteiger partial charge in [-0.15, -0.1) is 11.3 Å². The van der Waals surface area contributed by atoms with Gasteiger partial charge in [0.05, 0.1) is 16.5 Å². The summed E-state index contributed by atoms with van der Waals surface area (Å²) < 4.78 is 2.58. The van der Waals surface area contributed by atoms with Crippen LogP contribution in [-0.4, -0.2) is 0 Å². The van der Waals surface area contributed by atoms with Crippen molar-refractivity contribution in [1.82, 2.24) is 0 Å². The third-order valence-electron chi connectivity index (χ3n) is 14.6. The fourth-order valence-corrected chi connectivity index (χ4v) is 13.3. The Morgan fingerprint density at radius 1 is 0.297 bits per heavy atom. The molecule has 0 unspecified atom stereocenters. The van der Waals surface area contributed by atoms with Crippen molar-refractivity contribution >= 4 is 48.6 Å². The molecular weight excluding hydrogens is 791 g/mol. The standard InChI is InChI=1S/C62H39NS/c1-3-18-40(19-4-1)61(41-20-5-2-6-21-41)51-27-12-10-25-47(51)50-38-42(35-37-55(50)61)63(57-31-17-33-59-60(57)49-26-11-16-32-58(49)64-59)43-34-36-48-46-24-9-15-30-54(46)62(56(48)39-43)52-28-13-7-22-44(52)45-23-8-14-29-53(45)62/h1-39H. The smallest absolute Gasteiger partial charge is 0.0726 e. The summed E-state index contributed by atoms with van der Waals surface area (Å²) in [4.78, 5) is 2.55. The normalized spacial score (nSPS) is 14.2. The van der Waals surface area contributed by atoms with Crippen molar-refractivity contribution < 1.29 is 0 Å². The van der Waals surface area contributed by atoms with Gasteiger partial charge in [0.25, 0.3) is 0 Å². The summed E-state index contributed by atoms with van der Waals surface area (Å²) >= 11 is 1.87. The van der Waals surface area contributed by atoms with Crippen LogP contribution in [-0.2, 0) is 10.8 Å². The van der Waals surface area contributed by atoms with Crippen LogP contribution in [0.3, 0.4) is 0 Å². The second-order valence-corrected chi connectivity index (χ2v) is 18.5. The first-order valence-electron chi connectivity index (χ1n) is 22.3. The predicted molar refractivity (Wildman–Crippen MR) is 268 cm³/mol. The average molecular weight is 830 g/mol. The molecule has 0 saturated heterocycles. The van der Waals surface area contributed by atoms with Crippen molar-refractivity contribution in [2.75, 3.05) is 4.90 Å². The fourth-order valence-electron chi connectivity index (χ4n) is 12.2. The summed E-state index contributed by atoms with van der Waals surface area (Å²) in [6, 6.07) is 88.9. The van der Waals surface area contributed by atoms with E-state index >= 15 is 0 Å². The molecule has 1 heterocycles. The van der Waals surface area contributed by atoms with E-state index in [4.69, 9.17) is 0 Å². The highest BCUT2D eigenvalue weighted by Crippen LogP contribution is 2.64. The topological polar surface area (TPSA) is 3.24 Å². The maximum Gasteiger partial charge on any atom is 0.0726 e. The van der Waals surface area contributed by atoms with E-state index in [1.807, 2.05) is 11.3 Å². The summed E-state index contributed by atoms with van der Waals surface area (Å²) in [5.41, 5.74) is 20.8. The van der Waals surface area contributed by atoms with E-state index in [9.17, 15) is 0 Å². The van der Waals surface area contributed by atoms with Gasteiger partial charge in [-0.25, -0.2) is 0 Å². The zero-order valence-electron chi connectivity index (χ0n) is 34.9. The van der Waals surface area contributed by atoms with Gasteiger partial charge in [0, 0.05) is 31.5 Å². The Hall–Kier alpha value is -7.78. The van der Waals surface area contributed by atoms with Crippen molar-refractivity contribution in [3.8, 4) is 33.4 Å². The monoisotopic (exact) mass is 829 g/mol. The van der Waals surface area contributed by atoms with Gasteiger partial charge < -0.3 is 4.90 Å². The molecule has 298 valence electrons. The number of thiophene rings is 1. The van der Waals surface area contributed by atoms with Crippen LogP contribution in [0, 0.1) is 0 Å². The average Bonchev–Trinajstić information content (AvgIpc) is 4.08. The fraction of sp³-hybridized carbons (Fsp3) is 0.0323. The van der Waals surface area contributed by atoms with Gasteiger partial charge in [0.1, 0.15) is 0 Å². The molecule has 0 fully saturated rings. The van der Waals surface area contributed by atoms with E-state index in [-0.39, 0.29) is 0 Å². The Bertz CT molecular complexity index is 3590. The zero-order chi connectivity index (χ0) is 42.0. The first-order chi connectivity index (χ1) is 31.8. The minimum Gasteiger partial charge on any atom is -0.310 e. The second-order valence-electron chi connectivity index (χ2n) is 17.5. The molecule has 0 saturated carbocycles. The number of anilines is 3. The highest BCUT2D eigenvalue weighted by Gasteiger charge is 2.52. The Morgan fingerprint density at radius 2 is 0.750 bits per heavy atom. The maximum absolute atomic E-state index is 2.55. The summed E-state index contributed by atoms with van der Waals surface area (Å²) in [6.45, 7) is 0. The van der Waals surface area contributed by atoms with Gasteiger partial charge in [-0.2, -0.15) is 0 Å². The molecule has 11 aromatic rings. The lowest BCUT2D eigenvalue weighted by molar-refractivity contribution is 0.768. The molecule has 3 aliphatic carbocycles. The van der Waals surface area contributed by atoms with E-state index in [1.54, 1.807) is 0 Å². The third kappa shape index (κ3) is 4.57. The molecule has 0 atom stereocenters. The molecule has 1 nitrogen and oxygen atoms in total. The number of fused-ring (bicyclic) bond motifs is 16. The van der Waals surface area contributed by atoms with Crippen LogP contribution >= 0.6 is 11.3 Å². The first-order valence-corrected chi connectivity index (χ1v) is 23.1. The van der Waals surface area contributed by atoms with Gasteiger partial charge in [0.15, 0.2) is 0 Å². The highest BCUT2D eigenvalue weighted by molar-refractivity contribution is 7.26. The molecule has 0 radical (unpaired) electrons. The van der Waals surface area contributed by atoms with E-state index in [2.05, 4.69) is 241 Å². The molecule has 0 N–H and O–H groups in total. The number of benzene rings is 10. The van der Waals surface area contributed by atoms with E-state index < -0.39 is 10.8 Å². The van der Waals surface area contributed by atoms with Crippen LogP contribution in [0.25, 0.3) is 53.6 Å². The van der Waals surface area contributed by atoms with E-state index in [0.29, 0.717) is 0 Å². The Balaban J connectivity index is 1.07. The lowest BCUT2D eigenvalue weighted by Crippen LogP contribution is -2.28. The van der Waals surface area contributed by atoms with Crippen LogP contribution in [0.1, 0.15) is 44.5 Å². The molecule has 0 amide bonds. The van der Waals surface area contributed by atoms with Crippen LogP contribution in [0.4, 0.5) is 17.1 Å². The van der Waals surface area contributed by atoms with Gasteiger partial charge in [0.2, 0.25) is 0 Å². The van der Waals surface area contributed by atoms with Crippen molar-refractivity contribution in [1.29, 1.82) is 0 Å². The molecule has 64 heavy (non-hydrogen) atoms. The molecule has 14 rings (SSSR count). The zero-order valence-corrected chi connectivity index (χ0v) is 35.7. The van der Waals surface area contributed by atoms with E-state index in [1.165, 1.54) is 104 Å². The summed E-state index contributed by atoms with van der Waals surface area (Å²) in [7, 11) is 0. The first kappa shape index (κ1) is 35.8. The van der Waals surface area contributed by atoms with Crippen molar-refractivity contribution in [2.24, 2.45) is 0 Å². The van der Waals surface area contributed by atoms with Crippen molar-refractivity contribution in [3.05, 3.63) is 281 Å². The highest BCUT2D eigenvalue weighted by atomic mass is 32.1. The largest absolute Gasteiger partial charge is 0.310 e. The third-order valence-corrected chi connectivity index (χ3v) is 15.7. The number of rotatable bonds is 5. The van der Waals surface area contributed by atoms with E-state index in [0.717, 1.165) is 11.4 Å². The minimum absolute atomic E-state index is 0.455. The van der Waals surface area contributed by atoms with Crippen LogP contribution < -0.4 is 4.90 Å². The lowest BCUT2D eigenvalue weighted by atomic mass is 9.68. The van der Waals surface area contributed by atoms with Crippen molar-refractivity contribution in [3.63, 3.8) is 0 Å². The van der Waals surface area contributed by atoms with Crippen LogP contribution in [0.5, 0.6) is 0 Å². The molecule has 0 bridgehead atoms. The Labute approximate surface area is 376 Å². The summed E-state index contributed by atoms with van der Waals surface area (Å²) in [5.74, 6) is 0. The number of hydrogen-bond donors (Lipinski definition) is 0. The molecule has 3 aliphatic rings. The molecule has 1 spiro atoms. The minimum atomic E-state index is -0.476. The molecular formula is C62H39NS. The maximum atomic E-state index is 2.55. The molecule has 2 heteroatoms. The van der Waals surface area contributed by atoms with Crippen molar-refractivity contribution in [2.45, 2.75) is 10.8 Å². The van der Waals surface area contributed by atoms with Gasteiger partial charge in [-0.3, -0.25) is 0 Å². The predicted octanol–water partition coefficient (Wildman–Crippen LogP) is 16.2. The second kappa shape index (κ2) is 13.4. The molecule has 10 aromatic carbocycles. The summed E-state index contributed by atoms with van der Waals surface area (Å²) in [5, 5.41) is 2.56. The Morgan fingerprint density at radius 3 is 1.38 bits per heavy atom. The quantitative estimate of drug-likeness (QED) is 0.167.